The molecule has 1 fully saturated rings. The van der Waals surface area contributed by atoms with Gasteiger partial charge in [0.2, 0.25) is 5.91 Å². The number of thiophene rings is 1. The van der Waals surface area contributed by atoms with Crippen LogP contribution in [0.2, 0.25) is 0 Å². The van der Waals surface area contributed by atoms with E-state index in [-0.39, 0.29) is 18.0 Å². The highest BCUT2D eigenvalue weighted by molar-refractivity contribution is 7.18. The molecular weight excluding hydrogens is 298 g/mol. The van der Waals surface area contributed by atoms with E-state index in [0.717, 1.165) is 29.2 Å². The normalized spacial score (nSPS) is 22.2. The van der Waals surface area contributed by atoms with Gasteiger partial charge < -0.3 is 4.90 Å². The molecule has 5 nitrogen and oxygen atoms in total. The van der Waals surface area contributed by atoms with Crippen LogP contribution in [0.4, 0.5) is 0 Å². The van der Waals surface area contributed by atoms with E-state index in [2.05, 4.69) is 18.8 Å². The molecule has 6 heteroatoms. The van der Waals surface area contributed by atoms with Gasteiger partial charge in [-0.1, -0.05) is 13.8 Å². The molecule has 2 aromatic heterocycles. The first-order valence-electron chi connectivity index (χ1n) is 7.67. The number of likely N-dealkylation sites (tertiary alicyclic amines) is 1. The van der Waals surface area contributed by atoms with Gasteiger partial charge in [-0.2, -0.15) is 0 Å². The molecule has 0 aliphatic carbocycles. The van der Waals surface area contributed by atoms with Crippen molar-refractivity contribution in [1.29, 1.82) is 0 Å². The standard InChI is InChI=1S/C16H21N3O2S/c1-10-4-11(2)7-18(6-10)14(20)8-19-9-17-15-13(16(19)21)5-12(3)22-15/h5,9-11H,4,6-8H2,1-3H3/t10-,11+. The SMILES string of the molecule is Cc1cc2c(=O)n(CC(=O)N3C[C@H](C)C[C@H](C)C3)cnc2s1. The predicted molar refractivity (Wildman–Crippen MR) is 88.1 cm³/mol. The summed E-state index contributed by atoms with van der Waals surface area (Å²) in [6.07, 6.45) is 2.65. The second-order valence-electron chi connectivity index (χ2n) is 6.50. The number of amides is 1. The molecule has 0 aromatic carbocycles. The average molecular weight is 319 g/mol. The first-order valence-corrected chi connectivity index (χ1v) is 8.49. The number of aryl methyl sites for hydroxylation is 1. The molecule has 0 bridgehead atoms. The summed E-state index contributed by atoms with van der Waals surface area (Å²) < 4.78 is 1.43. The lowest BCUT2D eigenvalue weighted by molar-refractivity contribution is -0.134. The fourth-order valence-electron chi connectivity index (χ4n) is 3.31. The van der Waals surface area contributed by atoms with Crippen LogP contribution in [0.15, 0.2) is 17.2 Å². The van der Waals surface area contributed by atoms with Crippen molar-refractivity contribution < 1.29 is 4.79 Å². The number of carbonyl (C=O) groups is 1. The van der Waals surface area contributed by atoms with E-state index in [0.29, 0.717) is 17.2 Å². The topological polar surface area (TPSA) is 55.2 Å². The van der Waals surface area contributed by atoms with E-state index < -0.39 is 0 Å². The molecular formula is C16H21N3O2S. The predicted octanol–water partition coefficient (Wildman–Crippen LogP) is 2.27. The van der Waals surface area contributed by atoms with Gasteiger partial charge in [0.15, 0.2) is 0 Å². The van der Waals surface area contributed by atoms with Crippen molar-refractivity contribution in [1.82, 2.24) is 14.5 Å². The van der Waals surface area contributed by atoms with Gasteiger partial charge in [0.05, 0.1) is 11.7 Å². The summed E-state index contributed by atoms with van der Waals surface area (Å²) in [5.41, 5.74) is -0.124. The number of carbonyl (C=O) groups excluding carboxylic acids is 1. The lowest BCUT2D eigenvalue weighted by atomic mass is 9.92. The molecule has 1 aliphatic rings. The zero-order chi connectivity index (χ0) is 15.9. The summed E-state index contributed by atoms with van der Waals surface area (Å²) in [7, 11) is 0. The maximum absolute atomic E-state index is 12.5. The van der Waals surface area contributed by atoms with Crippen molar-refractivity contribution >= 4 is 27.5 Å². The minimum atomic E-state index is -0.124. The molecule has 0 spiro atoms. The molecule has 2 atom stereocenters. The molecule has 3 rings (SSSR count). The Balaban J connectivity index is 1.82. The Labute approximate surface area is 133 Å². The third-order valence-corrected chi connectivity index (χ3v) is 5.13. The first-order chi connectivity index (χ1) is 10.4. The Hall–Kier alpha value is -1.69. The van der Waals surface area contributed by atoms with Crippen LogP contribution in [0.3, 0.4) is 0 Å². The quantitative estimate of drug-likeness (QED) is 0.853. The highest BCUT2D eigenvalue weighted by atomic mass is 32.1. The molecule has 0 saturated carbocycles. The number of rotatable bonds is 2. The monoisotopic (exact) mass is 319 g/mol. The highest BCUT2D eigenvalue weighted by Crippen LogP contribution is 2.21. The molecule has 22 heavy (non-hydrogen) atoms. The van der Waals surface area contributed by atoms with Gasteiger partial charge in [-0.15, -0.1) is 11.3 Å². The Morgan fingerprint density at radius 3 is 2.73 bits per heavy atom. The van der Waals surface area contributed by atoms with Crippen molar-refractivity contribution in [2.24, 2.45) is 11.8 Å². The molecule has 0 unspecified atom stereocenters. The number of fused-ring (bicyclic) bond motifs is 1. The van der Waals surface area contributed by atoms with Crippen molar-refractivity contribution in [3.05, 3.63) is 27.6 Å². The van der Waals surface area contributed by atoms with Gasteiger partial charge in [-0.05, 0) is 31.2 Å². The third-order valence-electron chi connectivity index (χ3n) is 4.17. The van der Waals surface area contributed by atoms with Crippen LogP contribution in [0, 0.1) is 18.8 Å². The van der Waals surface area contributed by atoms with Gasteiger partial charge in [-0.25, -0.2) is 4.98 Å². The van der Waals surface area contributed by atoms with Gasteiger partial charge in [0.1, 0.15) is 11.4 Å². The van der Waals surface area contributed by atoms with Crippen LogP contribution >= 0.6 is 11.3 Å². The number of hydrogen-bond donors (Lipinski definition) is 0. The lowest BCUT2D eigenvalue weighted by Crippen LogP contribution is -2.44. The van der Waals surface area contributed by atoms with Crippen LogP contribution in [0.25, 0.3) is 10.2 Å². The molecule has 1 amide bonds. The number of piperidine rings is 1. The number of hydrogen-bond acceptors (Lipinski definition) is 4. The minimum Gasteiger partial charge on any atom is -0.341 e. The fraction of sp³-hybridized carbons (Fsp3) is 0.562. The van der Waals surface area contributed by atoms with Crippen LogP contribution in [-0.2, 0) is 11.3 Å². The summed E-state index contributed by atoms with van der Waals surface area (Å²) in [6.45, 7) is 7.94. The maximum Gasteiger partial charge on any atom is 0.262 e. The van der Waals surface area contributed by atoms with E-state index in [9.17, 15) is 9.59 Å². The number of nitrogens with zero attached hydrogens (tertiary/aromatic N) is 3. The summed E-state index contributed by atoms with van der Waals surface area (Å²) in [6, 6.07) is 1.85. The Morgan fingerprint density at radius 1 is 1.36 bits per heavy atom. The Morgan fingerprint density at radius 2 is 2.05 bits per heavy atom. The molecule has 0 radical (unpaired) electrons. The van der Waals surface area contributed by atoms with E-state index in [1.807, 2.05) is 17.9 Å². The van der Waals surface area contributed by atoms with Crippen LogP contribution < -0.4 is 5.56 Å². The van der Waals surface area contributed by atoms with Crippen LogP contribution in [0.5, 0.6) is 0 Å². The van der Waals surface area contributed by atoms with Gasteiger partial charge in [0, 0.05) is 18.0 Å². The smallest absolute Gasteiger partial charge is 0.262 e. The van der Waals surface area contributed by atoms with Crippen LogP contribution in [-0.4, -0.2) is 33.4 Å². The Kier molecular flexibility index (Phi) is 4.04. The zero-order valence-corrected chi connectivity index (χ0v) is 14.0. The highest BCUT2D eigenvalue weighted by Gasteiger charge is 2.25. The Bertz CT molecular complexity index is 754. The van der Waals surface area contributed by atoms with E-state index in [4.69, 9.17) is 0 Å². The summed E-state index contributed by atoms with van der Waals surface area (Å²) in [5.74, 6) is 1.04. The van der Waals surface area contributed by atoms with Gasteiger partial charge >= 0.3 is 0 Å². The second-order valence-corrected chi connectivity index (χ2v) is 7.73. The maximum atomic E-state index is 12.5. The largest absolute Gasteiger partial charge is 0.341 e. The average Bonchev–Trinajstić information content (AvgIpc) is 2.82. The zero-order valence-electron chi connectivity index (χ0n) is 13.2. The molecule has 2 aromatic rings. The molecule has 3 heterocycles. The van der Waals surface area contributed by atoms with Crippen molar-refractivity contribution in [3.8, 4) is 0 Å². The van der Waals surface area contributed by atoms with Gasteiger partial charge in [-0.3, -0.25) is 14.2 Å². The van der Waals surface area contributed by atoms with E-state index in [1.165, 1.54) is 22.2 Å². The van der Waals surface area contributed by atoms with E-state index >= 15 is 0 Å². The van der Waals surface area contributed by atoms with Gasteiger partial charge in [0.25, 0.3) is 5.56 Å². The summed E-state index contributed by atoms with van der Waals surface area (Å²) in [5, 5.41) is 0.609. The molecule has 1 saturated heterocycles. The van der Waals surface area contributed by atoms with Crippen molar-refractivity contribution in [3.63, 3.8) is 0 Å². The summed E-state index contributed by atoms with van der Waals surface area (Å²) >= 11 is 1.50. The molecule has 1 aliphatic heterocycles. The lowest BCUT2D eigenvalue weighted by Gasteiger charge is -2.35. The third kappa shape index (κ3) is 2.92. The van der Waals surface area contributed by atoms with Crippen molar-refractivity contribution in [2.45, 2.75) is 33.7 Å². The molecule has 0 N–H and O–H groups in total. The van der Waals surface area contributed by atoms with Crippen LogP contribution in [0.1, 0.15) is 25.1 Å². The molecule has 118 valence electrons. The summed E-state index contributed by atoms with van der Waals surface area (Å²) in [4.78, 5) is 32.9. The number of aromatic nitrogens is 2. The first kappa shape index (κ1) is 15.2. The fourth-order valence-corrected chi connectivity index (χ4v) is 4.14. The van der Waals surface area contributed by atoms with E-state index in [1.54, 1.807) is 0 Å². The minimum absolute atomic E-state index is 0.00796. The second kappa shape index (κ2) is 5.83. The van der Waals surface area contributed by atoms with Crippen molar-refractivity contribution in [2.75, 3.05) is 13.1 Å².